The summed E-state index contributed by atoms with van der Waals surface area (Å²) in [5, 5.41) is 0. The van der Waals surface area contributed by atoms with Crippen LogP contribution in [0.4, 0.5) is 13.2 Å². The summed E-state index contributed by atoms with van der Waals surface area (Å²) in [6, 6.07) is 0. The van der Waals surface area contributed by atoms with Gasteiger partial charge in [-0.1, -0.05) is 0 Å². The van der Waals surface area contributed by atoms with Crippen molar-refractivity contribution in [3.8, 4) is 0 Å². The summed E-state index contributed by atoms with van der Waals surface area (Å²) in [4.78, 5) is 0. The molecule has 0 aromatic heterocycles. The fraction of sp³-hybridized carbons (Fsp3) is 1.00. The van der Waals surface area contributed by atoms with Crippen LogP contribution in [0.5, 0.6) is 0 Å². The number of alkyl halides is 3. The molecule has 0 fully saturated rings. The fourth-order valence-corrected chi connectivity index (χ4v) is 0. The molecule has 0 bridgehead atoms. The Morgan fingerprint density at radius 3 is 1.33 bits per heavy atom. The number of hydrogen-bond donors (Lipinski definition) is 0. The largest absolute Gasteiger partial charge is 1.00 e. The van der Waals surface area contributed by atoms with Crippen LogP contribution in [0.3, 0.4) is 0 Å². The second kappa shape index (κ2) is 3.49. The molecule has 0 aliphatic heterocycles. The molecule has 0 N–H and O–H groups in total. The van der Waals surface area contributed by atoms with Crippen LogP contribution in [0.2, 0.25) is 0 Å². The number of rotatable bonds is 0. The maximum Gasteiger partial charge on any atom is 1.00 e. The van der Waals surface area contributed by atoms with Gasteiger partial charge in [-0.3, -0.25) is 0 Å². The third kappa shape index (κ3) is 49.8. The molecule has 0 aliphatic rings. The Kier molecular flexibility index (Phi) is 6.09. The third-order valence-corrected chi connectivity index (χ3v) is 0. The second-order valence-electron chi connectivity index (χ2n) is 0.542. The van der Waals surface area contributed by atoms with Crippen LogP contribution in [0.25, 0.3) is 0 Å². The van der Waals surface area contributed by atoms with Gasteiger partial charge in [-0.05, 0) is 0 Å². The van der Waals surface area contributed by atoms with Crippen LogP contribution >= 0.6 is 0 Å². The van der Waals surface area contributed by atoms with Gasteiger partial charge in [0.15, 0.2) is 0 Å². The molecular weight excluding hydrogens is 119 g/mol. The van der Waals surface area contributed by atoms with Gasteiger partial charge in [0, 0.05) is 0 Å². The molecule has 0 aromatic rings. The zero-order valence-corrected chi connectivity index (χ0v) is 6.33. The average Bonchev–Trinajstić information content (AvgIpc) is 0.722. The Morgan fingerprint density at radius 2 is 1.33 bits per heavy atom. The molecule has 0 spiro atoms. The summed E-state index contributed by atoms with van der Waals surface area (Å²) >= 11 is 0. The van der Waals surface area contributed by atoms with Gasteiger partial charge < -0.3 is 1.43 Å². The number of halogens is 3. The third-order valence-electron chi connectivity index (χ3n) is 0. The van der Waals surface area contributed by atoms with Crippen molar-refractivity contribution in [3.63, 3.8) is 0 Å². The Labute approximate surface area is 78.8 Å². The first-order valence-corrected chi connectivity index (χ1v) is 0.856. The van der Waals surface area contributed by atoms with E-state index in [2.05, 4.69) is 7.85 Å². The molecular formula is CHBF3K. The first-order chi connectivity index (χ1) is 2.00. The molecule has 6 heavy (non-hydrogen) atoms. The van der Waals surface area contributed by atoms with Crippen LogP contribution in [0.15, 0.2) is 0 Å². The first-order valence-electron chi connectivity index (χ1n) is 0.856. The predicted molar refractivity (Wildman–Crippen MR) is 12.9 cm³/mol. The second-order valence-corrected chi connectivity index (χ2v) is 0.542. The van der Waals surface area contributed by atoms with Crippen LogP contribution < -0.4 is 51.4 Å². The Balaban J connectivity index is -0.0000000800. The van der Waals surface area contributed by atoms with Crippen LogP contribution in [0.1, 0.15) is 1.43 Å². The Bertz CT molecular complexity index is 30.4. The fourth-order valence-electron chi connectivity index (χ4n) is 0. The van der Waals surface area contributed by atoms with Crippen molar-refractivity contribution in [2.75, 3.05) is 0 Å². The molecule has 30 valence electrons. The molecule has 0 atom stereocenters. The van der Waals surface area contributed by atoms with Gasteiger partial charge >= 0.3 is 57.5 Å². The minimum atomic E-state index is -4.50. The van der Waals surface area contributed by atoms with E-state index >= 15 is 0 Å². The molecule has 0 unspecified atom stereocenters. The molecule has 0 aromatic carbocycles. The maximum atomic E-state index is 10.1. The topological polar surface area (TPSA) is 0 Å². The summed E-state index contributed by atoms with van der Waals surface area (Å²) in [5.41, 5.74) is 0. The molecule has 0 amide bonds. The van der Waals surface area contributed by atoms with Crippen molar-refractivity contribution in [1.82, 2.24) is 0 Å². The van der Waals surface area contributed by atoms with Crippen LogP contribution in [-0.4, -0.2) is 13.9 Å². The molecule has 2 radical (unpaired) electrons. The van der Waals surface area contributed by atoms with E-state index in [0.717, 1.165) is 0 Å². The molecule has 0 aliphatic carbocycles. The van der Waals surface area contributed by atoms with Gasteiger partial charge in [0.05, 0.1) is 0 Å². The van der Waals surface area contributed by atoms with E-state index in [-0.39, 0.29) is 52.8 Å². The summed E-state index contributed by atoms with van der Waals surface area (Å²) < 4.78 is 30.4. The van der Waals surface area contributed by atoms with E-state index in [9.17, 15) is 13.2 Å². The van der Waals surface area contributed by atoms with Crippen molar-refractivity contribution in [1.29, 1.82) is 0 Å². The normalized spacial score (nSPS) is 9.83. The van der Waals surface area contributed by atoms with Crippen molar-refractivity contribution in [2.24, 2.45) is 0 Å². The van der Waals surface area contributed by atoms with Gasteiger partial charge in [-0.15, -0.1) is 0 Å². The van der Waals surface area contributed by atoms with E-state index in [1.54, 1.807) is 0 Å². The number of hydrogen-bond acceptors (Lipinski definition) is 0. The minimum absolute atomic E-state index is 0. The Morgan fingerprint density at radius 1 is 1.33 bits per heavy atom. The molecule has 5 heteroatoms. The first kappa shape index (κ1) is 10.5. The van der Waals surface area contributed by atoms with Crippen LogP contribution in [0, 0.1) is 0 Å². The monoisotopic (exact) mass is 120 g/mol. The van der Waals surface area contributed by atoms with Crippen LogP contribution in [-0.2, 0) is 0 Å². The zero-order valence-electron chi connectivity index (χ0n) is 4.21. The molecule has 0 nitrogen and oxygen atoms in total. The maximum absolute atomic E-state index is 10.1. The van der Waals surface area contributed by atoms with E-state index in [1.807, 2.05) is 0 Å². The molecule has 0 heterocycles. The SMILES string of the molecule is [B]C(F)(F)F.[H-].[K+]. The van der Waals surface area contributed by atoms with Gasteiger partial charge in [0.1, 0.15) is 0 Å². The van der Waals surface area contributed by atoms with E-state index < -0.39 is 6.08 Å². The molecule has 0 rings (SSSR count). The molecule has 0 saturated carbocycles. The van der Waals surface area contributed by atoms with Crippen molar-refractivity contribution in [3.05, 3.63) is 0 Å². The predicted octanol–water partition coefficient (Wildman–Crippen LogP) is -2.21. The quantitative estimate of drug-likeness (QED) is 0.318. The van der Waals surface area contributed by atoms with E-state index in [4.69, 9.17) is 0 Å². The minimum Gasteiger partial charge on any atom is -1.00 e. The molecule has 0 saturated heterocycles. The average molecular weight is 120 g/mol. The van der Waals surface area contributed by atoms with E-state index in [1.165, 1.54) is 0 Å². The van der Waals surface area contributed by atoms with Gasteiger partial charge in [-0.25, -0.2) is 0 Å². The van der Waals surface area contributed by atoms with Crippen molar-refractivity contribution in [2.45, 2.75) is 6.08 Å². The summed E-state index contributed by atoms with van der Waals surface area (Å²) in [5.74, 6) is 0. The Hall–Kier alpha value is 1.49. The zero-order chi connectivity index (χ0) is 4.50. The van der Waals surface area contributed by atoms with Gasteiger partial charge in [0.2, 0.25) is 7.85 Å². The van der Waals surface area contributed by atoms with Gasteiger partial charge in [-0.2, -0.15) is 13.2 Å². The summed E-state index contributed by atoms with van der Waals surface area (Å²) in [6.07, 6.45) is -4.50. The summed E-state index contributed by atoms with van der Waals surface area (Å²) in [7, 11) is 3.35. The van der Waals surface area contributed by atoms with E-state index in [0.29, 0.717) is 0 Å². The van der Waals surface area contributed by atoms with Gasteiger partial charge in [0.25, 0.3) is 0 Å². The smallest absolute Gasteiger partial charge is 1.00 e. The van der Waals surface area contributed by atoms with Crippen molar-refractivity contribution < 1.29 is 66.0 Å². The summed E-state index contributed by atoms with van der Waals surface area (Å²) in [6.45, 7) is 0. The standard InChI is InChI=1S/CBF3.K.H/c2-1(3,4)5;;/q;+1;-1. The van der Waals surface area contributed by atoms with Crippen molar-refractivity contribution >= 4 is 7.85 Å².